The zero-order valence-electron chi connectivity index (χ0n) is 18.3. The van der Waals surface area contributed by atoms with Crippen molar-refractivity contribution >= 4 is 71.7 Å². The van der Waals surface area contributed by atoms with Gasteiger partial charge in [0.1, 0.15) is 5.69 Å². The molecule has 0 aliphatic carbocycles. The molecule has 0 fully saturated rings. The van der Waals surface area contributed by atoms with Crippen LogP contribution < -0.4 is 10.6 Å². The number of terminal acetylenes is 1. The number of nitrogens with zero attached hydrogens (tertiary/aromatic N) is 3. The molecule has 0 saturated carbocycles. The maximum Gasteiger partial charge on any atom is 0.435 e. The molecule has 7 nitrogen and oxygen atoms in total. The first kappa shape index (κ1) is 26.7. The molecule has 4 aromatic rings. The van der Waals surface area contributed by atoms with E-state index in [9.17, 15) is 22.8 Å². The number of anilines is 1. The summed E-state index contributed by atoms with van der Waals surface area (Å²) in [6.07, 6.45) is 1.69. The van der Waals surface area contributed by atoms with E-state index in [1.54, 1.807) is 18.2 Å². The number of carbonyl (C=O) groups excluding carboxylic acids is 2. The van der Waals surface area contributed by atoms with Gasteiger partial charge in [0.2, 0.25) is 0 Å². The molecule has 4 rings (SSSR count). The van der Waals surface area contributed by atoms with Crippen LogP contribution in [-0.2, 0) is 6.18 Å². The lowest BCUT2D eigenvalue weighted by molar-refractivity contribution is -0.141. The molecular weight excluding hydrogens is 643 g/mol. The molecule has 0 aliphatic rings. The molecule has 0 aliphatic heterocycles. The summed E-state index contributed by atoms with van der Waals surface area (Å²) in [7, 11) is 0. The smallest absolute Gasteiger partial charge is 0.341 e. The number of alkyl halides is 3. The van der Waals surface area contributed by atoms with Crippen molar-refractivity contribution in [2.24, 2.45) is 0 Å². The van der Waals surface area contributed by atoms with Gasteiger partial charge < -0.3 is 10.6 Å². The van der Waals surface area contributed by atoms with E-state index in [0.717, 1.165) is 4.47 Å². The van der Waals surface area contributed by atoms with Gasteiger partial charge in [-0.05, 0) is 57.0 Å². The molecule has 0 atom stereocenters. The number of amides is 2. The van der Waals surface area contributed by atoms with Crippen LogP contribution >= 0.6 is 43.5 Å². The maximum atomic E-state index is 13.5. The number of pyridine rings is 1. The molecule has 188 valence electrons. The number of rotatable bonds is 5. The van der Waals surface area contributed by atoms with Crippen LogP contribution in [0.5, 0.6) is 0 Å². The van der Waals surface area contributed by atoms with Crippen LogP contribution in [0.25, 0.3) is 16.6 Å². The quantitative estimate of drug-likeness (QED) is 0.250. The Hall–Kier alpha value is -3.40. The molecule has 0 saturated heterocycles. The topological polar surface area (TPSA) is 88.9 Å². The van der Waals surface area contributed by atoms with Gasteiger partial charge in [-0.25, -0.2) is 9.67 Å². The highest BCUT2D eigenvalue weighted by molar-refractivity contribution is 9.11. The normalized spacial score (nSPS) is 11.3. The van der Waals surface area contributed by atoms with Gasteiger partial charge in [0.05, 0.1) is 22.8 Å². The van der Waals surface area contributed by atoms with Gasteiger partial charge in [-0.15, -0.1) is 6.42 Å². The summed E-state index contributed by atoms with van der Waals surface area (Å²) in [5.74, 6) is 0.509. The fraction of sp³-hybridized carbons (Fsp3) is 0.0833. The Balaban J connectivity index is 1.86. The molecule has 13 heteroatoms. The molecule has 2 aromatic heterocycles. The van der Waals surface area contributed by atoms with E-state index in [-0.39, 0.29) is 28.6 Å². The Bertz CT molecular complexity index is 1600. The second-order valence-electron chi connectivity index (χ2n) is 7.45. The second kappa shape index (κ2) is 10.5. The highest BCUT2D eigenvalue weighted by atomic mass is 79.9. The Morgan fingerprint density at radius 2 is 1.89 bits per heavy atom. The van der Waals surface area contributed by atoms with E-state index in [1.807, 2.05) is 0 Å². The van der Waals surface area contributed by atoms with Crippen LogP contribution in [0.15, 0.2) is 57.6 Å². The van der Waals surface area contributed by atoms with Gasteiger partial charge >= 0.3 is 6.18 Å². The fourth-order valence-electron chi connectivity index (χ4n) is 3.41. The minimum absolute atomic E-state index is 0.0165. The molecule has 0 radical (unpaired) electrons. The number of nitrogens with one attached hydrogen (secondary N) is 2. The number of aromatic nitrogens is 3. The lowest BCUT2D eigenvalue weighted by atomic mass is 10.0. The van der Waals surface area contributed by atoms with Crippen LogP contribution in [0.4, 0.5) is 18.9 Å². The molecule has 37 heavy (non-hydrogen) atoms. The maximum absolute atomic E-state index is 13.5. The second-order valence-corrected chi connectivity index (χ2v) is 9.57. The molecule has 2 heterocycles. The van der Waals surface area contributed by atoms with E-state index in [2.05, 4.69) is 58.5 Å². The Kier molecular flexibility index (Phi) is 7.59. The molecule has 0 spiro atoms. The predicted octanol–water partition coefficient (Wildman–Crippen LogP) is 6.23. The number of fused-ring (bicyclic) bond motifs is 1. The van der Waals surface area contributed by atoms with Crippen LogP contribution in [0.1, 0.15) is 26.5 Å². The Morgan fingerprint density at radius 1 is 1.14 bits per heavy atom. The van der Waals surface area contributed by atoms with E-state index >= 15 is 0 Å². The van der Waals surface area contributed by atoms with Crippen molar-refractivity contribution < 1.29 is 22.8 Å². The average molecular weight is 656 g/mol. The van der Waals surface area contributed by atoms with E-state index in [0.29, 0.717) is 26.0 Å². The molecule has 2 amide bonds. The summed E-state index contributed by atoms with van der Waals surface area (Å²) in [4.78, 5) is 30.3. The molecule has 0 unspecified atom stereocenters. The van der Waals surface area contributed by atoms with Crippen molar-refractivity contribution in [2.45, 2.75) is 6.18 Å². The highest BCUT2D eigenvalue weighted by Gasteiger charge is 2.37. The lowest BCUT2D eigenvalue weighted by Crippen LogP contribution is -2.26. The molecular formula is C24H13Br2ClF3N5O2. The molecule has 2 N–H and O–H groups in total. The largest absolute Gasteiger partial charge is 0.435 e. The molecule has 2 aromatic carbocycles. The lowest BCUT2D eigenvalue weighted by Gasteiger charge is -2.16. The van der Waals surface area contributed by atoms with Gasteiger partial charge in [0.15, 0.2) is 11.5 Å². The van der Waals surface area contributed by atoms with Crippen molar-refractivity contribution in [3.05, 3.63) is 79.6 Å². The third kappa shape index (κ3) is 5.49. The van der Waals surface area contributed by atoms with Crippen LogP contribution in [-0.4, -0.2) is 33.1 Å². The van der Waals surface area contributed by atoms with Crippen molar-refractivity contribution in [1.82, 2.24) is 20.1 Å². The number of halogens is 6. The van der Waals surface area contributed by atoms with Crippen LogP contribution in [0.3, 0.4) is 0 Å². The first-order chi connectivity index (χ1) is 17.5. The summed E-state index contributed by atoms with van der Waals surface area (Å²) in [5.41, 5.74) is -1.79. The SMILES string of the molecule is C#CCNC(=O)c1cc2cc(Br)ccc2c(Br)c1NC(=O)c1cc(C(F)(F)F)nn1-c1ncccc1Cl. The van der Waals surface area contributed by atoms with Gasteiger partial charge in [-0.2, -0.15) is 18.3 Å². The summed E-state index contributed by atoms with van der Waals surface area (Å²) in [6, 6.07) is 10.2. The number of benzene rings is 2. The number of hydrogen-bond acceptors (Lipinski definition) is 4. The zero-order chi connectivity index (χ0) is 26.9. The molecule has 0 bridgehead atoms. The number of carbonyl (C=O) groups is 2. The summed E-state index contributed by atoms with van der Waals surface area (Å²) in [5, 5.41) is 9.84. The van der Waals surface area contributed by atoms with E-state index < -0.39 is 29.4 Å². The first-order valence-corrected chi connectivity index (χ1v) is 12.2. The van der Waals surface area contributed by atoms with Gasteiger partial charge in [-0.3, -0.25) is 9.59 Å². The summed E-state index contributed by atoms with van der Waals surface area (Å²) in [6.45, 7) is -0.0831. The van der Waals surface area contributed by atoms with Crippen molar-refractivity contribution in [3.63, 3.8) is 0 Å². The highest BCUT2D eigenvalue weighted by Crippen LogP contribution is 2.37. The van der Waals surface area contributed by atoms with Crippen molar-refractivity contribution in [1.29, 1.82) is 0 Å². The minimum Gasteiger partial charge on any atom is -0.341 e. The van der Waals surface area contributed by atoms with E-state index in [1.165, 1.54) is 24.4 Å². The van der Waals surface area contributed by atoms with Crippen molar-refractivity contribution in [2.75, 3.05) is 11.9 Å². The predicted molar refractivity (Wildman–Crippen MR) is 140 cm³/mol. The van der Waals surface area contributed by atoms with E-state index in [4.69, 9.17) is 18.0 Å². The van der Waals surface area contributed by atoms with Gasteiger partial charge in [0.25, 0.3) is 11.8 Å². The van der Waals surface area contributed by atoms with Gasteiger partial charge in [-0.1, -0.05) is 39.5 Å². The monoisotopic (exact) mass is 653 g/mol. The Morgan fingerprint density at radius 3 is 2.57 bits per heavy atom. The first-order valence-electron chi connectivity index (χ1n) is 10.2. The average Bonchev–Trinajstić information content (AvgIpc) is 3.30. The fourth-order valence-corrected chi connectivity index (χ4v) is 4.67. The van der Waals surface area contributed by atoms with Crippen LogP contribution in [0.2, 0.25) is 5.02 Å². The zero-order valence-corrected chi connectivity index (χ0v) is 22.3. The van der Waals surface area contributed by atoms with Gasteiger partial charge in [0, 0.05) is 21.2 Å². The van der Waals surface area contributed by atoms with Crippen LogP contribution in [0, 0.1) is 12.3 Å². The Labute approximate surface area is 229 Å². The summed E-state index contributed by atoms with van der Waals surface area (Å²) < 4.78 is 42.3. The third-order valence-corrected chi connectivity index (χ3v) is 6.66. The standard InChI is InChI=1S/C24H13Br2ClF3N5O2/c1-2-7-32-22(36)15-10-12-9-13(25)5-6-14(12)19(26)20(15)33-23(37)17-11-18(24(28,29)30)34-35(17)21-16(27)4-3-8-31-21/h1,3-6,8-11H,7H2,(H,32,36)(H,33,37). The number of hydrogen-bond donors (Lipinski definition) is 2. The third-order valence-electron chi connectivity index (χ3n) is 5.05. The van der Waals surface area contributed by atoms with Crippen molar-refractivity contribution in [3.8, 4) is 18.2 Å². The minimum atomic E-state index is -4.85. The summed E-state index contributed by atoms with van der Waals surface area (Å²) >= 11 is 12.9.